The van der Waals surface area contributed by atoms with Crippen molar-refractivity contribution in [1.82, 2.24) is 0 Å². The van der Waals surface area contributed by atoms with Gasteiger partial charge in [-0.25, -0.2) is 0 Å². The quantitative estimate of drug-likeness (QED) is 0.583. The van der Waals surface area contributed by atoms with Crippen molar-refractivity contribution < 1.29 is 9.90 Å². The summed E-state index contributed by atoms with van der Waals surface area (Å²) in [5, 5.41) is 9.96. The Labute approximate surface area is 79.8 Å². The molecule has 1 saturated carbocycles. The molecule has 2 nitrogen and oxygen atoms in total. The van der Waals surface area contributed by atoms with E-state index in [2.05, 4.69) is 22.0 Å². The summed E-state index contributed by atoms with van der Waals surface area (Å²) < 4.78 is 0. The first-order chi connectivity index (χ1) is 5.68. The van der Waals surface area contributed by atoms with Crippen LogP contribution in [0.2, 0.25) is 0 Å². The Bertz CT molecular complexity index is 249. The summed E-state index contributed by atoms with van der Waals surface area (Å²) in [6, 6.07) is 0. The van der Waals surface area contributed by atoms with Gasteiger partial charge in [-0.1, -0.05) is 28.1 Å². The van der Waals surface area contributed by atoms with Crippen LogP contribution in [-0.4, -0.2) is 16.4 Å². The Hall–Kier alpha value is -0.310. The highest BCUT2D eigenvalue weighted by Crippen LogP contribution is 2.52. The second-order valence-corrected chi connectivity index (χ2v) is 4.45. The molecular weight excluding hydrogens is 220 g/mol. The molecule has 3 unspecified atom stereocenters. The lowest BCUT2D eigenvalue weighted by molar-refractivity contribution is -0.145. The Morgan fingerprint density at radius 2 is 2.42 bits per heavy atom. The van der Waals surface area contributed by atoms with E-state index in [9.17, 15) is 4.79 Å². The number of allylic oxidation sites excluding steroid dienone is 1. The van der Waals surface area contributed by atoms with Crippen molar-refractivity contribution in [3.05, 3.63) is 12.2 Å². The molecule has 3 heteroatoms. The summed E-state index contributed by atoms with van der Waals surface area (Å²) in [7, 11) is 0. The zero-order valence-corrected chi connectivity index (χ0v) is 8.25. The van der Waals surface area contributed by atoms with Crippen molar-refractivity contribution in [3.63, 3.8) is 0 Å². The van der Waals surface area contributed by atoms with Crippen LogP contribution in [-0.2, 0) is 4.79 Å². The van der Waals surface area contributed by atoms with Gasteiger partial charge in [0.15, 0.2) is 0 Å². The molecule has 66 valence electrons. The van der Waals surface area contributed by atoms with Crippen LogP contribution in [0, 0.1) is 17.3 Å². The van der Waals surface area contributed by atoms with Crippen LogP contribution < -0.4 is 0 Å². The van der Waals surface area contributed by atoms with E-state index in [-0.39, 0.29) is 0 Å². The molecule has 3 atom stereocenters. The van der Waals surface area contributed by atoms with Crippen molar-refractivity contribution in [1.29, 1.82) is 0 Å². The lowest BCUT2D eigenvalue weighted by atomic mass is 9.85. The SMILES string of the molecule is O=C(O)C12C=CC(C1)C(CBr)C2. The third kappa shape index (κ3) is 0.954. The van der Waals surface area contributed by atoms with Gasteiger partial charge in [0.05, 0.1) is 5.41 Å². The van der Waals surface area contributed by atoms with E-state index in [1.54, 1.807) is 0 Å². The number of hydrogen-bond donors (Lipinski definition) is 1. The zero-order chi connectivity index (χ0) is 8.77. The van der Waals surface area contributed by atoms with Gasteiger partial charge in [0.25, 0.3) is 0 Å². The minimum absolute atomic E-state index is 0.500. The maximum Gasteiger partial charge on any atom is 0.313 e. The van der Waals surface area contributed by atoms with Gasteiger partial charge in [-0.05, 0) is 24.7 Å². The topological polar surface area (TPSA) is 37.3 Å². The van der Waals surface area contributed by atoms with Crippen LogP contribution in [0.25, 0.3) is 0 Å². The maximum atomic E-state index is 11.0. The summed E-state index contributed by atoms with van der Waals surface area (Å²) in [4.78, 5) is 11.0. The van der Waals surface area contributed by atoms with E-state index in [1.165, 1.54) is 0 Å². The largest absolute Gasteiger partial charge is 0.481 e. The third-order valence-electron chi connectivity index (χ3n) is 3.12. The van der Waals surface area contributed by atoms with Gasteiger partial charge in [0.1, 0.15) is 0 Å². The lowest BCUT2D eigenvalue weighted by Gasteiger charge is -2.20. The first kappa shape index (κ1) is 8.30. The fraction of sp³-hybridized carbons (Fsp3) is 0.667. The first-order valence-electron chi connectivity index (χ1n) is 4.17. The monoisotopic (exact) mass is 230 g/mol. The van der Waals surface area contributed by atoms with E-state index < -0.39 is 11.4 Å². The second-order valence-electron chi connectivity index (χ2n) is 3.81. The molecule has 0 saturated heterocycles. The molecule has 0 aliphatic heterocycles. The number of alkyl halides is 1. The van der Waals surface area contributed by atoms with E-state index in [0.29, 0.717) is 11.8 Å². The number of halogens is 1. The van der Waals surface area contributed by atoms with Crippen molar-refractivity contribution >= 4 is 21.9 Å². The van der Waals surface area contributed by atoms with Crippen molar-refractivity contribution in [2.45, 2.75) is 12.8 Å². The smallest absolute Gasteiger partial charge is 0.313 e. The molecule has 12 heavy (non-hydrogen) atoms. The van der Waals surface area contributed by atoms with Gasteiger partial charge < -0.3 is 5.11 Å². The molecule has 0 amide bonds. The number of hydrogen-bond acceptors (Lipinski definition) is 1. The maximum absolute atomic E-state index is 11.0. The standard InChI is InChI=1S/C9H11BrO2/c10-5-7-4-9(8(11)12)2-1-6(7)3-9/h1-2,6-7H,3-5H2,(H,11,12). The van der Waals surface area contributed by atoms with Crippen molar-refractivity contribution in [2.75, 3.05) is 5.33 Å². The lowest BCUT2D eigenvalue weighted by Crippen LogP contribution is -2.25. The zero-order valence-electron chi connectivity index (χ0n) is 6.66. The summed E-state index contributed by atoms with van der Waals surface area (Å²) >= 11 is 3.42. The number of carbonyl (C=O) groups is 1. The Morgan fingerprint density at radius 3 is 2.83 bits per heavy atom. The molecule has 2 bridgehead atoms. The minimum atomic E-state index is -0.648. The molecule has 0 aromatic carbocycles. The van der Waals surface area contributed by atoms with Crippen molar-refractivity contribution in [2.24, 2.45) is 17.3 Å². The van der Waals surface area contributed by atoms with E-state index >= 15 is 0 Å². The van der Waals surface area contributed by atoms with Gasteiger partial charge in [-0.2, -0.15) is 0 Å². The van der Waals surface area contributed by atoms with Gasteiger partial charge in [0, 0.05) is 5.33 Å². The fourth-order valence-electron chi connectivity index (χ4n) is 2.37. The molecule has 0 aromatic heterocycles. The van der Waals surface area contributed by atoms with Crippen LogP contribution in [0.15, 0.2) is 12.2 Å². The second kappa shape index (κ2) is 2.59. The van der Waals surface area contributed by atoms with Crippen LogP contribution in [0.1, 0.15) is 12.8 Å². The number of fused-ring (bicyclic) bond motifs is 2. The predicted molar refractivity (Wildman–Crippen MR) is 49.2 cm³/mol. The number of aliphatic carboxylic acids is 1. The number of rotatable bonds is 2. The van der Waals surface area contributed by atoms with Gasteiger partial charge in [0.2, 0.25) is 0 Å². The molecule has 0 spiro atoms. The molecule has 2 aliphatic carbocycles. The molecule has 0 heterocycles. The van der Waals surface area contributed by atoms with Crippen LogP contribution in [0.5, 0.6) is 0 Å². The highest BCUT2D eigenvalue weighted by molar-refractivity contribution is 9.09. The Balaban J connectivity index is 2.24. The number of carboxylic acid groups (broad SMARTS) is 1. The minimum Gasteiger partial charge on any atom is -0.481 e. The first-order valence-corrected chi connectivity index (χ1v) is 5.29. The third-order valence-corrected chi connectivity index (χ3v) is 3.95. The Kier molecular flexibility index (Phi) is 1.79. The van der Waals surface area contributed by atoms with E-state index in [4.69, 9.17) is 5.11 Å². The average Bonchev–Trinajstić information content (AvgIpc) is 2.61. The van der Waals surface area contributed by atoms with Crippen LogP contribution in [0.4, 0.5) is 0 Å². The Morgan fingerprint density at radius 1 is 1.67 bits per heavy atom. The molecule has 1 N–H and O–H groups in total. The highest BCUT2D eigenvalue weighted by Gasteiger charge is 2.51. The van der Waals surface area contributed by atoms with Gasteiger partial charge >= 0.3 is 5.97 Å². The normalized spacial score (nSPS) is 43.8. The highest BCUT2D eigenvalue weighted by atomic mass is 79.9. The van der Waals surface area contributed by atoms with Crippen LogP contribution >= 0.6 is 15.9 Å². The summed E-state index contributed by atoms with van der Waals surface area (Å²) in [5.74, 6) is 0.385. The number of carboxylic acids is 1. The summed E-state index contributed by atoms with van der Waals surface area (Å²) in [6.07, 6.45) is 5.59. The average molecular weight is 231 g/mol. The van der Waals surface area contributed by atoms with Crippen LogP contribution in [0.3, 0.4) is 0 Å². The summed E-state index contributed by atoms with van der Waals surface area (Å²) in [5.41, 5.74) is -0.511. The molecule has 0 aromatic rings. The molecule has 0 radical (unpaired) electrons. The summed E-state index contributed by atoms with van der Waals surface area (Å²) in [6.45, 7) is 0. The molecule has 1 fully saturated rings. The van der Waals surface area contributed by atoms with Gasteiger partial charge in [-0.15, -0.1) is 0 Å². The van der Waals surface area contributed by atoms with E-state index in [0.717, 1.165) is 18.2 Å². The van der Waals surface area contributed by atoms with Gasteiger partial charge in [-0.3, -0.25) is 4.79 Å². The van der Waals surface area contributed by atoms with E-state index in [1.807, 2.05) is 6.08 Å². The molecule has 2 aliphatic rings. The predicted octanol–water partition coefficient (Wildman–Crippen LogP) is 2.05. The molecule has 2 rings (SSSR count). The van der Waals surface area contributed by atoms with Crippen molar-refractivity contribution in [3.8, 4) is 0 Å². The fourth-order valence-corrected chi connectivity index (χ4v) is 3.08. The molecular formula is C9H11BrO2.